The quantitative estimate of drug-likeness (QED) is 0.789. The van der Waals surface area contributed by atoms with Crippen molar-refractivity contribution in [1.82, 2.24) is 15.1 Å². The van der Waals surface area contributed by atoms with Crippen LogP contribution in [-0.2, 0) is 19.4 Å². The largest absolute Gasteiger partial charge is 0.313 e. The Hall–Kier alpha value is -0.830. The summed E-state index contributed by atoms with van der Waals surface area (Å²) in [5, 5.41) is 8.53. The van der Waals surface area contributed by atoms with Gasteiger partial charge in [-0.1, -0.05) is 27.2 Å². The molecule has 1 heterocycles. The molecule has 0 bridgehead atoms. The predicted octanol–water partition coefficient (Wildman–Crippen LogP) is 3.81. The first-order valence-electron chi connectivity index (χ1n) is 8.96. The van der Waals surface area contributed by atoms with E-state index in [0.29, 0.717) is 6.04 Å². The van der Waals surface area contributed by atoms with Crippen molar-refractivity contribution in [3.8, 4) is 0 Å². The van der Waals surface area contributed by atoms with Crippen molar-refractivity contribution < 1.29 is 0 Å². The van der Waals surface area contributed by atoms with Gasteiger partial charge in [0.1, 0.15) is 0 Å². The standard InChI is InChI=1S/C18H33N3/c1-5-10-19-18(15-9-8-14(4)11-15)13-17-12-16(6-2)20-21(17)7-3/h12,14-15,18-19H,5-11,13H2,1-4H3. The van der Waals surface area contributed by atoms with Crippen LogP contribution in [0.5, 0.6) is 0 Å². The highest BCUT2D eigenvalue weighted by Crippen LogP contribution is 2.33. The van der Waals surface area contributed by atoms with Crippen LogP contribution in [0.3, 0.4) is 0 Å². The van der Waals surface area contributed by atoms with Gasteiger partial charge in [-0.15, -0.1) is 0 Å². The van der Waals surface area contributed by atoms with E-state index < -0.39 is 0 Å². The Balaban J connectivity index is 2.08. The van der Waals surface area contributed by atoms with Gasteiger partial charge in [0.15, 0.2) is 0 Å². The second kappa shape index (κ2) is 7.98. The average molecular weight is 291 g/mol. The van der Waals surface area contributed by atoms with E-state index in [1.54, 1.807) is 0 Å². The molecule has 1 saturated carbocycles. The normalized spacial score (nSPS) is 23.6. The first-order chi connectivity index (χ1) is 10.2. The average Bonchev–Trinajstić information content (AvgIpc) is 3.09. The number of hydrogen-bond acceptors (Lipinski definition) is 2. The molecule has 0 saturated heterocycles. The van der Waals surface area contributed by atoms with Crippen molar-refractivity contribution in [1.29, 1.82) is 0 Å². The Kier molecular flexibility index (Phi) is 6.28. The van der Waals surface area contributed by atoms with Crippen molar-refractivity contribution in [2.45, 2.75) is 78.8 Å². The number of hydrogen-bond donors (Lipinski definition) is 1. The van der Waals surface area contributed by atoms with E-state index in [0.717, 1.165) is 37.8 Å². The van der Waals surface area contributed by atoms with Gasteiger partial charge in [-0.05, 0) is 57.1 Å². The zero-order valence-corrected chi connectivity index (χ0v) is 14.4. The highest BCUT2D eigenvalue weighted by molar-refractivity contribution is 5.12. The molecule has 3 nitrogen and oxygen atoms in total. The summed E-state index contributed by atoms with van der Waals surface area (Å²) in [4.78, 5) is 0. The Morgan fingerprint density at radius 3 is 2.71 bits per heavy atom. The highest BCUT2D eigenvalue weighted by Gasteiger charge is 2.29. The lowest BCUT2D eigenvalue weighted by Gasteiger charge is -2.25. The second-order valence-electron chi connectivity index (χ2n) is 6.74. The van der Waals surface area contributed by atoms with Crippen LogP contribution in [0.15, 0.2) is 6.07 Å². The van der Waals surface area contributed by atoms with Gasteiger partial charge < -0.3 is 5.32 Å². The fourth-order valence-corrected chi connectivity index (χ4v) is 3.70. The Bertz CT molecular complexity index is 424. The molecule has 2 rings (SSSR count). The molecule has 0 aliphatic heterocycles. The van der Waals surface area contributed by atoms with Gasteiger partial charge in [0.2, 0.25) is 0 Å². The molecule has 3 atom stereocenters. The van der Waals surface area contributed by atoms with Crippen LogP contribution in [0.1, 0.15) is 64.8 Å². The predicted molar refractivity (Wildman–Crippen MR) is 89.6 cm³/mol. The highest BCUT2D eigenvalue weighted by atomic mass is 15.3. The van der Waals surface area contributed by atoms with Crippen LogP contribution in [0.25, 0.3) is 0 Å². The maximum atomic E-state index is 4.71. The molecule has 1 aliphatic rings. The van der Waals surface area contributed by atoms with Gasteiger partial charge in [0.25, 0.3) is 0 Å². The summed E-state index contributed by atoms with van der Waals surface area (Å²) in [5.41, 5.74) is 2.66. The molecule has 0 aromatic carbocycles. The first kappa shape index (κ1) is 16.5. The number of aryl methyl sites for hydroxylation is 2. The van der Waals surface area contributed by atoms with Crippen LogP contribution < -0.4 is 5.32 Å². The van der Waals surface area contributed by atoms with Gasteiger partial charge in [0, 0.05) is 24.7 Å². The van der Waals surface area contributed by atoms with E-state index in [9.17, 15) is 0 Å². The Labute approximate surface area is 130 Å². The van der Waals surface area contributed by atoms with E-state index >= 15 is 0 Å². The van der Waals surface area contributed by atoms with Gasteiger partial charge in [-0.25, -0.2) is 0 Å². The third kappa shape index (κ3) is 4.32. The molecule has 0 amide bonds. The fraction of sp³-hybridized carbons (Fsp3) is 0.833. The monoisotopic (exact) mass is 291 g/mol. The van der Waals surface area contributed by atoms with Crippen LogP contribution in [-0.4, -0.2) is 22.4 Å². The van der Waals surface area contributed by atoms with Crippen molar-refractivity contribution in [3.63, 3.8) is 0 Å². The van der Waals surface area contributed by atoms with Crippen molar-refractivity contribution in [2.24, 2.45) is 11.8 Å². The van der Waals surface area contributed by atoms with E-state index in [2.05, 4.69) is 43.8 Å². The maximum Gasteiger partial charge on any atom is 0.0624 e. The number of rotatable bonds is 8. The van der Waals surface area contributed by atoms with Gasteiger partial charge in [-0.2, -0.15) is 5.10 Å². The summed E-state index contributed by atoms with van der Waals surface area (Å²) in [5.74, 6) is 1.75. The molecule has 3 unspecified atom stereocenters. The molecule has 0 radical (unpaired) electrons. The second-order valence-corrected chi connectivity index (χ2v) is 6.74. The molecular weight excluding hydrogens is 258 g/mol. The molecule has 21 heavy (non-hydrogen) atoms. The summed E-state index contributed by atoms with van der Waals surface area (Å²) >= 11 is 0. The van der Waals surface area contributed by atoms with Crippen LogP contribution in [0, 0.1) is 11.8 Å². The van der Waals surface area contributed by atoms with Gasteiger partial charge in [-0.3, -0.25) is 4.68 Å². The first-order valence-corrected chi connectivity index (χ1v) is 8.96. The molecular formula is C18H33N3. The summed E-state index contributed by atoms with van der Waals surface area (Å²) < 4.78 is 2.21. The summed E-state index contributed by atoms with van der Waals surface area (Å²) in [6.07, 6.45) is 7.58. The van der Waals surface area contributed by atoms with E-state index in [1.807, 2.05) is 0 Å². The van der Waals surface area contributed by atoms with Crippen molar-refractivity contribution in [2.75, 3.05) is 6.54 Å². The van der Waals surface area contributed by atoms with Crippen LogP contribution >= 0.6 is 0 Å². The lowest BCUT2D eigenvalue weighted by molar-refractivity contribution is 0.342. The minimum absolute atomic E-state index is 0.626. The third-order valence-corrected chi connectivity index (χ3v) is 4.97. The molecule has 0 spiro atoms. The lowest BCUT2D eigenvalue weighted by Crippen LogP contribution is -2.38. The Morgan fingerprint density at radius 2 is 2.14 bits per heavy atom. The smallest absolute Gasteiger partial charge is 0.0624 e. The number of nitrogens with zero attached hydrogens (tertiary/aromatic N) is 2. The van der Waals surface area contributed by atoms with Gasteiger partial charge >= 0.3 is 0 Å². The molecule has 1 fully saturated rings. The van der Waals surface area contributed by atoms with Crippen molar-refractivity contribution >= 4 is 0 Å². The van der Waals surface area contributed by atoms with Gasteiger partial charge in [0.05, 0.1) is 5.69 Å². The number of nitrogens with one attached hydrogen (secondary N) is 1. The SMILES string of the molecule is CCCNC(Cc1cc(CC)nn1CC)C1CCC(C)C1. The molecule has 1 aliphatic carbocycles. The Morgan fingerprint density at radius 1 is 1.33 bits per heavy atom. The number of aromatic nitrogens is 2. The summed E-state index contributed by atoms with van der Waals surface area (Å²) in [6, 6.07) is 2.95. The minimum atomic E-state index is 0.626. The van der Waals surface area contributed by atoms with E-state index in [4.69, 9.17) is 5.10 Å². The molecule has 3 heteroatoms. The van der Waals surface area contributed by atoms with Crippen LogP contribution in [0.4, 0.5) is 0 Å². The molecule has 1 aromatic rings. The summed E-state index contributed by atoms with van der Waals surface area (Å²) in [6.45, 7) is 11.2. The summed E-state index contributed by atoms with van der Waals surface area (Å²) in [7, 11) is 0. The fourth-order valence-electron chi connectivity index (χ4n) is 3.70. The molecule has 1 N–H and O–H groups in total. The molecule has 120 valence electrons. The topological polar surface area (TPSA) is 29.9 Å². The maximum absolute atomic E-state index is 4.71. The lowest BCUT2D eigenvalue weighted by atomic mass is 9.93. The van der Waals surface area contributed by atoms with E-state index in [-0.39, 0.29) is 0 Å². The third-order valence-electron chi connectivity index (χ3n) is 4.97. The van der Waals surface area contributed by atoms with E-state index in [1.165, 1.54) is 37.1 Å². The van der Waals surface area contributed by atoms with Crippen molar-refractivity contribution in [3.05, 3.63) is 17.5 Å². The molecule has 1 aromatic heterocycles. The zero-order chi connectivity index (χ0) is 15.2. The zero-order valence-electron chi connectivity index (χ0n) is 14.4. The van der Waals surface area contributed by atoms with Crippen LogP contribution in [0.2, 0.25) is 0 Å². The minimum Gasteiger partial charge on any atom is -0.313 e.